The number of nitrogens with zero attached hydrogens (tertiary/aromatic N) is 2. The summed E-state index contributed by atoms with van der Waals surface area (Å²) >= 11 is 0. The number of phosphoric acid groups is 1. The SMILES string of the molecule is NC[C@H]1O[C@H](O[C@H]2[C@@H](NCCNC(=O)[C@H]3O[C@@H](n4ccc(=O)[nH]c4=O)C[C@@H]3OP(=O)(O)OC[C@H]3O[C@@H](n4ccc(=O)[nH]c4=O)C[C@@H]3O)[C@@H](O)[C@H](N)C[C@@H]2N)[C@H](N)[C@@H](O)[C@@H]1O. The maximum atomic E-state index is 13.6. The molecule has 27 nitrogen and oxygen atoms in total. The summed E-state index contributed by atoms with van der Waals surface area (Å²) in [5.74, 6) is -0.877. The molecule has 0 spiro atoms. The van der Waals surface area contributed by atoms with Gasteiger partial charge in [-0.3, -0.25) is 42.5 Å². The molecule has 2 aromatic heterocycles. The molecule has 336 valence electrons. The van der Waals surface area contributed by atoms with E-state index in [0.717, 1.165) is 33.7 Å². The Labute approximate surface area is 338 Å². The largest absolute Gasteiger partial charge is 0.472 e. The highest BCUT2D eigenvalue weighted by Crippen LogP contribution is 2.49. The Kier molecular flexibility index (Phi) is 14.7. The van der Waals surface area contributed by atoms with Crippen LogP contribution in [0.1, 0.15) is 31.7 Å². The average molecular weight is 879 g/mol. The second-order valence-corrected chi connectivity index (χ2v) is 16.3. The summed E-state index contributed by atoms with van der Waals surface area (Å²) in [5, 5.41) is 47.9. The lowest BCUT2D eigenvalue weighted by atomic mass is 9.82. The quantitative estimate of drug-likeness (QED) is 0.0583. The molecule has 17 N–H and O–H groups in total. The molecule has 1 amide bonds. The second kappa shape index (κ2) is 19.2. The minimum atomic E-state index is -5.10. The number of nitrogens with two attached hydrogens (primary N) is 4. The molecule has 0 bridgehead atoms. The lowest BCUT2D eigenvalue weighted by Gasteiger charge is -2.47. The predicted octanol–water partition coefficient (Wildman–Crippen LogP) is -7.86. The van der Waals surface area contributed by atoms with Crippen molar-refractivity contribution >= 4 is 13.7 Å². The van der Waals surface area contributed by atoms with Crippen LogP contribution < -0.4 is 56.1 Å². The molecule has 4 aliphatic rings. The van der Waals surface area contributed by atoms with E-state index in [0.29, 0.717) is 0 Å². The number of carbonyl (C=O) groups is 1. The fourth-order valence-corrected chi connectivity index (χ4v) is 8.48. The molecular weight excluding hydrogens is 827 g/mol. The lowest BCUT2D eigenvalue weighted by Crippen LogP contribution is -2.70. The molecule has 28 heteroatoms. The number of aromatic nitrogens is 4. The van der Waals surface area contributed by atoms with Gasteiger partial charge in [0.05, 0.1) is 37.0 Å². The molecule has 60 heavy (non-hydrogen) atoms. The van der Waals surface area contributed by atoms with Crippen LogP contribution in [0.4, 0.5) is 0 Å². The first-order chi connectivity index (χ1) is 28.4. The van der Waals surface area contributed by atoms with E-state index in [1.807, 2.05) is 4.98 Å². The zero-order chi connectivity index (χ0) is 43.6. The zero-order valence-electron chi connectivity index (χ0n) is 31.8. The smallest absolute Gasteiger partial charge is 0.390 e. The third-order valence-corrected chi connectivity index (χ3v) is 11.7. The van der Waals surface area contributed by atoms with Gasteiger partial charge in [0.2, 0.25) is 0 Å². The lowest BCUT2D eigenvalue weighted by molar-refractivity contribution is -0.279. The van der Waals surface area contributed by atoms with Crippen molar-refractivity contribution in [2.75, 3.05) is 26.2 Å². The summed E-state index contributed by atoms with van der Waals surface area (Å²) in [6, 6.07) is -1.66. The first-order valence-corrected chi connectivity index (χ1v) is 20.5. The van der Waals surface area contributed by atoms with Crippen LogP contribution in [0, 0.1) is 0 Å². The Morgan fingerprint density at radius 1 is 0.850 bits per heavy atom. The second-order valence-electron chi connectivity index (χ2n) is 14.9. The summed E-state index contributed by atoms with van der Waals surface area (Å²) in [5.41, 5.74) is 21.2. The molecule has 3 aliphatic heterocycles. The number of ether oxygens (including phenoxy) is 4. The van der Waals surface area contributed by atoms with Crippen LogP contribution in [0.25, 0.3) is 0 Å². The van der Waals surface area contributed by atoms with Crippen molar-refractivity contribution in [3.05, 3.63) is 66.2 Å². The zero-order valence-corrected chi connectivity index (χ0v) is 32.7. The summed E-state index contributed by atoms with van der Waals surface area (Å²) in [4.78, 5) is 76.3. The van der Waals surface area contributed by atoms with Crippen molar-refractivity contribution < 1.29 is 62.7 Å². The van der Waals surface area contributed by atoms with Crippen LogP contribution in [0.3, 0.4) is 0 Å². The topological polar surface area (TPSA) is 429 Å². The van der Waals surface area contributed by atoms with Gasteiger partial charge in [-0.15, -0.1) is 0 Å². The van der Waals surface area contributed by atoms with Crippen molar-refractivity contribution in [3.63, 3.8) is 0 Å². The van der Waals surface area contributed by atoms with Gasteiger partial charge in [0, 0.05) is 69.1 Å². The van der Waals surface area contributed by atoms with Gasteiger partial charge >= 0.3 is 19.2 Å². The number of carbonyl (C=O) groups excluding carboxylic acids is 1. The minimum absolute atomic E-state index is 0.0599. The van der Waals surface area contributed by atoms with Crippen LogP contribution >= 0.6 is 7.82 Å². The minimum Gasteiger partial charge on any atom is -0.390 e. The molecule has 0 aromatic carbocycles. The first-order valence-electron chi connectivity index (χ1n) is 19.0. The van der Waals surface area contributed by atoms with Crippen LogP contribution in [-0.4, -0.2) is 162 Å². The van der Waals surface area contributed by atoms with E-state index in [-0.39, 0.29) is 38.9 Å². The van der Waals surface area contributed by atoms with Gasteiger partial charge in [0.25, 0.3) is 17.0 Å². The monoisotopic (exact) mass is 878 g/mol. The van der Waals surface area contributed by atoms with Crippen LogP contribution in [0.2, 0.25) is 0 Å². The van der Waals surface area contributed by atoms with Gasteiger partial charge in [0.1, 0.15) is 43.0 Å². The molecule has 4 fully saturated rings. The van der Waals surface area contributed by atoms with Crippen molar-refractivity contribution in [2.45, 2.75) is 117 Å². The first kappa shape index (κ1) is 45.9. The van der Waals surface area contributed by atoms with Gasteiger partial charge in [-0.2, -0.15) is 0 Å². The average Bonchev–Trinajstić information content (AvgIpc) is 3.77. The third kappa shape index (κ3) is 10.4. The number of aromatic amines is 2. The summed E-state index contributed by atoms with van der Waals surface area (Å²) in [6.45, 7) is -1.11. The Morgan fingerprint density at radius 3 is 2.10 bits per heavy atom. The van der Waals surface area contributed by atoms with Crippen molar-refractivity contribution in [3.8, 4) is 0 Å². The van der Waals surface area contributed by atoms with E-state index in [4.69, 9.17) is 50.9 Å². The fraction of sp³-hybridized carbons (Fsp3) is 0.719. The number of nitrogens with one attached hydrogen (secondary N) is 4. The highest BCUT2D eigenvalue weighted by Gasteiger charge is 2.49. The van der Waals surface area contributed by atoms with E-state index in [1.165, 1.54) is 0 Å². The summed E-state index contributed by atoms with van der Waals surface area (Å²) in [7, 11) is -5.10. The normalized spacial score (nSPS) is 38.1. The summed E-state index contributed by atoms with van der Waals surface area (Å²) in [6.07, 6.45) is -13.5. The Bertz CT molecular complexity index is 2090. The molecule has 3 saturated heterocycles. The van der Waals surface area contributed by atoms with Crippen LogP contribution in [-0.2, 0) is 37.4 Å². The van der Waals surface area contributed by atoms with Crippen LogP contribution in [0.5, 0.6) is 0 Å². The number of H-pyrrole nitrogens is 2. The van der Waals surface area contributed by atoms with Crippen LogP contribution in [0.15, 0.2) is 43.7 Å². The molecule has 1 unspecified atom stereocenters. The Morgan fingerprint density at radius 2 is 1.48 bits per heavy atom. The number of phosphoric ester groups is 1. The number of amides is 1. The van der Waals surface area contributed by atoms with Crippen molar-refractivity contribution in [2.24, 2.45) is 22.9 Å². The molecule has 5 heterocycles. The molecule has 2 aromatic rings. The summed E-state index contributed by atoms with van der Waals surface area (Å²) < 4.78 is 48.9. The predicted molar refractivity (Wildman–Crippen MR) is 200 cm³/mol. The number of hydrogen-bond acceptors (Lipinski definition) is 21. The number of aliphatic hydroxyl groups is 4. The Balaban J connectivity index is 1.09. The van der Waals surface area contributed by atoms with E-state index in [2.05, 4.69) is 15.6 Å². The van der Waals surface area contributed by atoms with Crippen molar-refractivity contribution in [1.29, 1.82) is 0 Å². The van der Waals surface area contributed by atoms with E-state index < -0.39 is 141 Å². The van der Waals surface area contributed by atoms with Gasteiger partial charge < -0.3 is 77.8 Å². The molecule has 1 saturated carbocycles. The van der Waals surface area contributed by atoms with Crippen molar-refractivity contribution in [1.82, 2.24) is 29.7 Å². The standard InChI is InChI=1S/C32H51N10O17P/c33-10-16-25(47)26(48)22(36)30(56-16)58-27-13(35)7-12(34)24(46)23(27)37-3-4-38-29(49)28-15(9-21(57-28)42-6-2-19(45)40-32(42)51)59-60(52,53)54-11-17-14(43)8-20(55-17)41-5-1-18(44)39-31(41)50/h1-2,5-6,12-17,20-28,30,37,43,46-48H,3-4,7-11,33-36H2,(H,38,49)(H,52,53)(H,39,44,50)(H,40,45,51)/t12-,13+,14+,15+,16-,17-,20-,21-,22-,23+,24+,25-,26-,27-,28+,30-/m1/s1. The number of rotatable bonds is 15. The maximum absolute atomic E-state index is 13.6. The molecular formula is C32H51N10O17P. The Hall–Kier alpha value is -3.58. The van der Waals surface area contributed by atoms with Gasteiger partial charge in [-0.1, -0.05) is 0 Å². The van der Waals surface area contributed by atoms with E-state index in [1.54, 1.807) is 0 Å². The fourth-order valence-electron chi connectivity index (χ4n) is 7.54. The molecule has 0 radical (unpaired) electrons. The maximum Gasteiger partial charge on any atom is 0.472 e. The number of hydrogen-bond donors (Lipinski definition) is 13. The van der Waals surface area contributed by atoms with Gasteiger partial charge in [0.15, 0.2) is 12.4 Å². The molecule has 1 aliphatic carbocycles. The highest BCUT2D eigenvalue weighted by molar-refractivity contribution is 7.47. The third-order valence-electron chi connectivity index (χ3n) is 10.7. The van der Waals surface area contributed by atoms with Gasteiger partial charge in [-0.05, 0) is 6.42 Å². The van der Waals surface area contributed by atoms with Gasteiger partial charge in [-0.25, -0.2) is 14.2 Å². The molecule has 6 rings (SSSR count). The highest BCUT2D eigenvalue weighted by atomic mass is 31.2. The molecule has 17 atom stereocenters. The van der Waals surface area contributed by atoms with E-state index >= 15 is 0 Å². The van der Waals surface area contributed by atoms with E-state index in [9.17, 15) is 53.9 Å². The number of aliphatic hydroxyl groups excluding tert-OH is 4.